The van der Waals surface area contributed by atoms with Gasteiger partial charge in [-0.15, -0.1) is 0 Å². The van der Waals surface area contributed by atoms with E-state index in [1.807, 2.05) is 36.0 Å². The average molecular weight is 216 g/mol. The Kier molecular flexibility index (Phi) is 3.00. The summed E-state index contributed by atoms with van der Waals surface area (Å²) in [6.07, 6.45) is 4.49. The standard InChI is InChI=1S/C14H15FN/c1-3-11-5-4-6-12(9-11)13-10-16(2)8-7-14(13)15/h4-10H,3H2,1-2H3/q+1. The van der Waals surface area contributed by atoms with Gasteiger partial charge in [-0.2, -0.15) is 0 Å². The molecule has 1 aromatic carbocycles. The second-order valence-electron chi connectivity index (χ2n) is 3.93. The lowest BCUT2D eigenvalue weighted by Crippen LogP contribution is -2.26. The van der Waals surface area contributed by atoms with E-state index in [-0.39, 0.29) is 5.82 Å². The van der Waals surface area contributed by atoms with E-state index in [9.17, 15) is 4.39 Å². The zero-order chi connectivity index (χ0) is 11.5. The Morgan fingerprint density at radius 1 is 1.25 bits per heavy atom. The average Bonchev–Trinajstić information content (AvgIpc) is 2.32. The number of hydrogen-bond donors (Lipinski definition) is 0. The van der Waals surface area contributed by atoms with Gasteiger partial charge in [-0.3, -0.25) is 0 Å². The monoisotopic (exact) mass is 216 g/mol. The predicted octanol–water partition coefficient (Wildman–Crippen LogP) is 2.88. The quantitative estimate of drug-likeness (QED) is 0.680. The number of aromatic nitrogens is 1. The zero-order valence-electron chi connectivity index (χ0n) is 9.57. The van der Waals surface area contributed by atoms with Crippen LogP contribution in [0.25, 0.3) is 11.1 Å². The van der Waals surface area contributed by atoms with Gasteiger partial charge in [0, 0.05) is 6.07 Å². The Hall–Kier alpha value is -1.70. The van der Waals surface area contributed by atoms with E-state index >= 15 is 0 Å². The second-order valence-corrected chi connectivity index (χ2v) is 3.93. The zero-order valence-corrected chi connectivity index (χ0v) is 9.57. The molecular formula is C14H15FN+. The Morgan fingerprint density at radius 3 is 2.81 bits per heavy atom. The fraction of sp³-hybridized carbons (Fsp3) is 0.214. The van der Waals surface area contributed by atoms with Gasteiger partial charge >= 0.3 is 0 Å². The number of nitrogens with zero attached hydrogens (tertiary/aromatic N) is 1. The summed E-state index contributed by atoms with van der Waals surface area (Å²) in [4.78, 5) is 0. The van der Waals surface area contributed by atoms with Crippen LogP contribution in [0.5, 0.6) is 0 Å². The molecule has 2 heteroatoms. The number of benzene rings is 1. The van der Waals surface area contributed by atoms with E-state index in [1.54, 1.807) is 6.20 Å². The number of pyridine rings is 1. The lowest BCUT2D eigenvalue weighted by atomic mass is 10.0. The van der Waals surface area contributed by atoms with E-state index in [0.29, 0.717) is 5.56 Å². The highest BCUT2D eigenvalue weighted by Crippen LogP contribution is 2.22. The van der Waals surface area contributed by atoms with Gasteiger partial charge in [-0.1, -0.05) is 31.2 Å². The topological polar surface area (TPSA) is 3.88 Å². The van der Waals surface area contributed by atoms with E-state index in [1.165, 1.54) is 11.6 Å². The summed E-state index contributed by atoms with van der Waals surface area (Å²) in [5.74, 6) is -0.175. The smallest absolute Gasteiger partial charge is 0.179 e. The van der Waals surface area contributed by atoms with Crippen LogP contribution in [0.3, 0.4) is 0 Å². The van der Waals surface area contributed by atoms with E-state index < -0.39 is 0 Å². The van der Waals surface area contributed by atoms with Crippen molar-refractivity contribution < 1.29 is 8.96 Å². The summed E-state index contributed by atoms with van der Waals surface area (Å²) in [7, 11) is 1.90. The number of rotatable bonds is 2. The van der Waals surface area contributed by atoms with Crippen LogP contribution in [0.4, 0.5) is 4.39 Å². The van der Waals surface area contributed by atoms with Crippen molar-refractivity contribution in [1.29, 1.82) is 0 Å². The summed E-state index contributed by atoms with van der Waals surface area (Å²) in [6.45, 7) is 2.10. The van der Waals surface area contributed by atoms with E-state index in [4.69, 9.17) is 0 Å². The van der Waals surface area contributed by atoms with E-state index in [0.717, 1.165) is 12.0 Å². The molecule has 0 atom stereocenters. The maximum Gasteiger partial charge on any atom is 0.179 e. The van der Waals surface area contributed by atoms with Crippen LogP contribution < -0.4 is 4.57 Å². The molecule has 2 aromatic rings. The molecule has 82 valence electrons. The fourth-order valence-electron chi connectivity index (χ4n) is 1.75. The fourth-order valence-corrected chi connectivity index (χ4v) is 1.75. The molecular weight excluding hydrogens is 201 g/mol. The molecule has 0 aliphatic rings. The molecule has 1 nitrogen and oxygen atoms in total. The Labute approximate surface area is 95.2 Å². The van der Waals surface area contributed by atoms with Crippen molar-refractivity contribution in [3.05, 3.63) is 54.1 Å². The number of halogens is 1. The van der Waals surface area contributed by atoms with Gasteiger partial charge in [0.25, 0.3) is 0 Å². The molecule has 0 amide bonds. The summed E-state index contributed by atoms with van der Waals surface area (Å²) >= 11 is 0. The lowest BCUT2D eigenvalue weighted by Gasteiger charge is -2.03. The lowest BCUT2D eigenvalue weighted by molar-refractivity contribution is -0.671. The van der Waals surface area contributed by atoms with Crippen molar-refractivity contribution in [1.82, 2.24) is 0 Å². The summed E-state index contributed by atoms with van der Waals surface area (Å²) in [5.41, 5.74) is 2.82. The highest BCUT2D eigenvalue weighted by Gasteiger charge is 2.09. The van der Waals surface area contributed by atoms with Gasteiger partial charge in [-0.25, -0.2) is 8.96 Å². The van der Waals surface area contributed by atoms with Crippen LogP contribution in [0, 0.1) is 5.82 Å². The van der Waals surface area contributed by atoms with Crippen LogP contribution in [-0.2, 0) is 13.5 Å². The van der Waals surface area contributed by atoms with Gasteiger partial charge < -0.3 is 0 Å². The molecule has 0 N–H and O–H groups in total. The van der Waals surface area contributed by atoms with Crippen LogP contribution in [0.2, 0.25) is 0 Å². The Bertz CT molecular complexity index is 506. The molecule has 0 radical (unpaired) electrons. The minimum absolute atomic E-state index is 0.175. The summed E-state index contributed by atoms with van der Waals surface area (Å²) < 4.78 is 15.5. The van der Waals surface area contributed by atoms with Crippen molar-refractivity contribution in [3.8, 4) is 11.1 Å². The third-order valence-corrected chi connectivity index (χ3v) is 2.69. The maximum absolute atomic E-state index is 13.7. The SMILES string of the molecule is CCc1cccc(-c2c[n+](C)ccc2F)c1. The van der Waals surface area contributed by atoms with Crippen molar-refractivity contribution in [2.45, 2.75) is 13.3 Å². The van der Waals surface area contributed by atoms with Crippen LogP contribution in [-0.4, -0.2) is 0 Å². The molecule has 0 aliphatic carbocycles. The highest BCUT2D eigenvalue weighted by molar-refractivity contribution is 5.63. The third-order valence-electron chi connectivity index (χ3n) is 2.69. The van der Waals surface area contributed by atoms with Crippen molar-refractivity contribution in [3.63, 3.8) is 0 Å². The third kappa shape index (κ3) is 2.11. The molecule has 0 spiro atoms. The van der Waals surface area contributed by atoms with Crippen molar-refractivity contribution in [2.24, 2.45) is 7.05 Å². The molecule has 0 fully saturated rings. The highest BCUT2D eigenvalue weighted by atomic mass is 19.1. The van der Waals surface area contributed by atoms with Gasteiger partial charge in [0.2, 0.25) is 0 Å². The Morgan fingerprint density at radius 2 is 2.06 bits per heavy atom. The first-order valence-electron chi connectivity index (χ1n) is 5.45. The molecule has 1 aromatic heterocycles. The summed E-state index contributed by atoms with van der Waals surface area (Å²) in [6, 6.07) is 9.51. The summed E-state index contributed by atoms with van der Waals surface area (Å²) in [5, 5.41) is 0. The minimum atomic E-state index is -0.175. The molecule has 1 heterocycles. The van der Waals surface area contributed by atoms with Crippen LogP contribution in [0.15, 0.2) is 42.7 Å². The molecule has 2 rings (SSSR count). The Balaban J connectivity index is 2.53. The normalized spacial score (nSPS) is 10.4. The molecule has 0 saturated carbocycles. The van der Waals surface area contributed by atoms with Gasteiger partial charge in [-0.05, 0) is 17.5 Å². The molecule has 0 aliphatic heterocycles. The molecule has 0 bridgehead atoms. The predicted molar refractivity (Wildman–Crippen MR) is 62.4 cm³/mol. The van der Waals surface area contributed by atoms with Crippen LogP contribution in [0.1, 0.15) is 12.5 Å². The first kappa shape index (κ1) is 10.8. The van der Waals surface area contributed by atoms with E-state index in [2.05, 4.69) is 13.0 Å². The number of aryl methyl sites for hydroxylation is 2. The van der Waals surface area contributed by atoms with Gasteiger partial charge in [0.15, 0.2) is 12.4 Å². The molecule has 0 saturated heterocycles. The minimum Gasteiger partial charge on any atom is -0.207 e. The van der Waals surface area contributed by atoms with Gasteiger partial charge in [0.05, 0.1) is 5.56 Å². The van der Waals surface area contributed by atoms with Crippen molar-refractivity contribution in [2.75, 3.05) is 0 Å². The van der Waals surface area contributed by atoms with Crippen molar-refractivity contribution >= 4 is 0 Å². The molecule has 16 heavy (non-hydrogen) atoms. The maximum atomic E-state index is 13.7. The largest absolute Gasteiger partial charge is 0.207 e. The second kappa shape index (κ2) is 4.44. The first-order chi connectivity index (χ1) is 7.70. The molecule has 0 unspecified atom stereocenters. The number of hydrogen-bond acceptors (Lipinski definition) is 0. The van der Waals surface area contributed by atoms with Gasteiger partial charge in [0.1, 0.15) is 12.9 Å². The van der Waals surface area contributed by atoms with Crippen LogP contribution >= 0.6 is 0 Å². The first-order valence-corrected chi connectivity index (χ1v) is 5.45.